The summed E-state index contributed by atoms with van der Waals surface area (Å²) in [6.07, 6.45) is 2.46. The van der Waals surface area contributed by atoms with E-state index in [1.165, 1.54) is 18.6 Å². The number of nitrogens with one attached hydrogen (secondary N) is 1. The minimum atomic E-state index is 0.128. The number of hydrogen-bond donors (Lipinski definition) is 1. The molecule has 118 valence electrons. The van der Waals surface area contributed by atoms with Crippen LogP contribution in [0.4, 0.5) is 0 Å². The third kappa shape index (κ3) is 2.20. The molecule has 2 unspecified atom stereocenters. The second kappa shape index (κ2) is 5.59. The zero-order chi connectivity index (χ0) is 15.3. The summed E-state index contributed by atoms with van der Waals surface area (Å²) in [6, 6.07) is 4.39. The number of hydrogen-bond acceptors (Lipinski definition) is 4. The van der Waals surface area contributed by atoms with Crippen LogP contribution in [-0.4, -0.2) is 36.3 Å². The van der Waals surface area contributed by atoms with Crippen molar-refractivity contribution in [3.8, 4) is 5.75 Å². The minimum absolute atomic E-state index is 0.128. The average molecular weight is 340 g/mol. The lowest BCUT2D eigenvalue weighted by atomic mass is 9.78. The summed E-state index contributed by atoms with van der Waals surface area (Å²) in [5, 5.41) is 5.75. The highest BCUT2D eigenvalue weighted by atomic mass is 35.5. The normalized spacial score (nSPS) is 32.4. The van der Waals surface area contributed by atoms with E-state index in [4.69, 9.17) is 27.9 Å². The molecule has 3 fully saturated rings. The summed E-state index contributed by atoms with van der Waals surface area (Å²) in [6.45, 7) is 4.78. The second-order valence-electron chi connectivity index (χ2n) is 6.15. The van der Waals surface area contributed by atoms with E-state index in [2.05, 4.69) is 15.4 Å². The predicted octanol–water partition coefficient (Wildman–Crippen LogP) is 3.49. The monoisotopic (exact) mass is 339 g/mol. The van der Waals surface area contributed by atoms with Crippen LogP contribution in [0.5, 0.6) is 5.75 Å². The number of piperidine rings is 3. The first-order valence-electron chi connectivity index (χ1n) is 7.87. The molecule has 5 rings (SSSR count). The van der Waals surface area contributed by atoms with Gasteiger partial charge >= 0.3 is 0 Å². The van der Waals surface area contributed by atoms with Gasteiger partial charge in [0.05, 0.1) is 34.4 Å². The van der Waals surface area contributed by atoms with Crippen molar-refractivity contribution in [2.45, 2.75) is 31.8 Å². The SMILES string of the molecule is CCOc1c(Cl)cc(C2NN=C3C4CCN(CC4)C32)cc1Cl. The van der Waals surface area contributed by atoms with Gasteiger partial charge in [0.1, 0.15) is 0 Å². The average Bonchev–Trinajstić information content (AvgIpc) is 2.99. The van der Waals surface area contributed by atoms with Crippen molar-refractivity contribution in [2.75, 3.05) is 19.7 Å². The zero-order valence-corrected chi connectivity index (χ0v) is 14.0. The number of fused-ring (bicyclic) bond motifs is 2. The lowest BCUT2D eigenvalue weighted by Gasteiger charge is -2.45. The Bertz CT molecular complexity index is 603. The molecule has 1 aromatic carbocycles. The molecule has 4 heterocycles. The molecule has 4 aliphatic heterocycles. The van der Waals surface area contributed by atoms with Gasteiger partial charge in [-0.2, -0.15) is 5.10 Å². The van der Waals surface area contributed by atoms with Crippen molar-refractivity contribution in [1.29, 1.82) is 0 Å². The van der Waals surface area contributed by atoms with Gasteiger partial charge in [0.2, 0.25) is 0 Å². The molecule has 0 radical (unpaired) electrons. The number of ether oxygens (including phenoxy) is 1. The smallest absolute Gasteiger partial charge is 0.156 e. The number of hydrazone groups is 1. The molecule has 0 saturated carbocycles. The molecule has 0 amide bonds. The van der Waals surface area contributed by atoms with Crippen molar-refractivity contribution in [2.24, 2.45) is 11.0 Å². The summed E-state index contributed by atoms with van der Waals surface area (Å²) in [7, 11) is 0. The highest BCUT2D eigenvalue weighted by Gasteiger charge is 2.46. The molecule has 0 aromatic heterocycles. The fourth-order valence-electron chi connectivity index (χ4n) is 3.95. The number of halogens is 2. The Morgan fingerprint density at radius 2 is 1.95 bits per heavy atom. The molecule has 1 N–H and O–H groups in total. The van der Waals surface area contributed by atoms with E-state index in [-0.39, 0.29) is 6.04 Å². The van der Waals surface area contributed by atoms with E-state index < -0.39 is 0 Å². The van der Waals surface area contributed by atoms with Gasteiger partial charge in [-0.1, -0.05) is 23.2 Å². The van der Waals surface area contributed by atoms with Crippen molar-refractivity contribution in [1.82, 2.24) is 10.3 Å². The maximum absolute atomic E-state index is 6.36. The van der Waals surface area contributed by atoms with Gasteiger partial charge in [-0.05, 0) is 50.6 Å². The lowest BCUT2D eigenvalue weighted by Crippen LogP contribution is -2.56. The van der Waals surface area contributed by atoms with Crippen LogP contribution in [-0.2, 0) is 0 Å². The molecular weight excluding hydrogens is 321 g/mol. The third-order valence-corrected chi connectivity index (χ3v) is 5.52. The molecule has 4 nitrogen and oxygen atoms in total. The minimum Gasteiger partial charge on any atom is -0.491 e. The summed E-state index contributed by atoms with van der Waals surface area (Å²) in [4.78, 5) is 2.53. The van der Waals surface area contributed by atoms with Crippen LogP contribution >= 0.6 is 23.2 Å². The molecule has 22 heavy (non-hydrogen) atoms. The van der Waals surface area contributed by atoms with E-state index in [1.54, 1.807) is 0 Å². The van der Waals surface area contributed by atoms with Crippen LogP contribution < -0.4 is 10.2 Å². The Morgan fingerprint density at radius 1 is 1.27 bits per heavy atom. The van der Waals surface area contributed by atoms with Crippen LogP contribution in [0.25, 0.3) is 0 Å². The van der Waals surface area contributed by atoms with Crippen LogP contribution in [0.1, 0.15) is 31.4 Å². The Kier molecular flexibility index (Phi) is 3.71. The van der Waals surface area contributed by atoms with Crippen molar-refractivity contribution < 1.29 is 4.74 Å². The standard InChI is InChI=1S/C16H19Cl2N3O/c1-2-22-16-11(17)7-10(8-12(16)18)14-15-13(19-20-14)9-3-5-21(15)6-4-9/h7-9,14-15,20H,2-6H2,1H3. The highest BCUT2D eigenvalue weighted by Crippen LogP contribution is 2.42. The van der Waals surface area contributed by atoms with Gasteiger partial charge in [0.15, 0.2) is 5.75 Å². The van der Waals surface area contributed by atoms with Gasteiger partial charge in [-0.15, -0.1) is 0 Å². The van der Waals surface area contributed by atoms with Crippen LogP contribution in [0, 0.1) is 5.92 Å². The number of rotatable bonds is 3. The molecule has 1 aromatic rings. The second-order valence-corrected chi connectivity index (χ2v) is 6.96. The third-order valence-electron chi connectivity index (χ3n) is 4.96. The summed E-state index contributed by atoms with van der Waals surface area (Å²) < 4.78 is 5.52. The quantitative estimate of drug-likeness (QED) is 0.915. The molecule has 3 saturated heterocycles. The van der Waals surface area contributed by atoms with Crippen LogP contribution in [0.3, 0.4) is 0 Å². The van der Waals surface area contributed by atoms with Gasteiger partial charge in [0.25, 0.3) is 0 Å². The van der Waals surface area contributed by atoms with Crippen LogP contribution in [0.15, 0.2) is 17.2 Å². The molecule has 0 aliphatic carbocycles. The maximum Gasteiger partial charge on any atom is 0.156 e. The van der Waals surface area contributed by atoms with E-state index in [9.17, 15) is 0 Å². The molecule has 2 atom stereocenters. The molecule has 2 bridgehead atoms. The van der Waals surface area contributed by atoms with Crippen molar-refractivity contribution >= 4 is 28.9 Å². The molecule has 6 heteroatoms. The Morgan fingerprint density at radius 3 is 2.59 bits per heavy atom. The van der Waals surface area contributed by atoms with Gasteiger partial charge in [-0.25, -0.2) is 0 Å². The van der Waals surface area contributed by atoms with Gasteiger partial charge in [-0.3, -0.25) is 4.90 Å². The predicted molar refractivity (Wildman–Crippen MR) is 89.0 cm³/mol. The van der Waals surface area contributed by atoms with Crippen molar-refractivity contribution in [3.63, 3.8) is 0 Å². The fourth-order valence-corrected chi connectivity index (χ4v) is 4.57. The zero-order valence-electron chi connectivity index (χ0n) is 12.5. The number of benzene rings is 1. The molecule has 0 spiro atoms. The molecule has 4 aliphatic rings. The first-order valence-corrected chi connectivity index (χ1v) is 8.63. The Hall–Kier alpha value is -0.970. The molecular formula is C16H19Cl2N3O. The highest BCUT2D eigenvalue weighted by molar-refractivity contribution is 6.37. The van der Waals surface area contributed by atoms with E-state index >= 15 is 0 Å². The maximum atomic E-state index is 6.36. The van der Waals surface area contributed by atoms with Gasteiger partial charge in [0, 0.05) is 5.92 Å². The van der Waals surface area contributed by atoms with Crippen molar-refractivity contribution in [3.05, 3.63) is 27.7 Å². The Balaban J connectivity index is 1.66. The van der Waals surface area contributed by atoms with Crippen LogP contribution in [0.2, 0.25) is 10.0 Å². The van der Waals surface area contributed by atoms with E-state index in [1.807, 2.05) is 19.1 Å². The Labute approximate surface area is 140 Å². The summed E-state index contributed by atoms with van der Waals surface area (Å²) in [5.41, 5.74) is 5.70. The summed E-state index contributed by atoms with van der Waals surface area (Å²) >= 11 is 12.7. The first kappa shape index (κ1) is 14.6. The topological polar surface area (TPSA) is 36.9 Å². The van der Waals surface area contributed by atoms with Gasteiger partial charge < -0.3 is 10.2 Å². The van der Waals surface area contributed by atoms with E-state index in [0.717, 1.165) is 18.7 Å². The number of nitrogens with zero attached hydrogens (tertiary/aromatic N) is 2. The summed E-state index contributed by atoms with van der Waals surface area (Å²) in [5.74, 6) is 1.21. The fraction of sp³-hybridized carbons (Fsp3) is 0.562. The largest absolute Gasteiger partial charge is 0.491 e. The van der Waals surface area contributed by atoms with E-state index in [0.29, 0.717) is 34.4 Å². The first-order chi connectivity index (χ1) is 10.7. The lowest BCUT2D eigenvalue weighted by molar-refractivity contribution is 0.133.